The van der Waals surface area contributed by atoms with Gasteiger partial charge in [-0.25, -0.2) is 9.37 Å². The number of thiazole rings is 1. The standard InChI is InChI=1S/C26H25FN4OS/c1-2-31(22-13-14-28-16-22)26-30-23-12-11-21(15-24(23)33-26)29-25(32)19-5-3-17(4-6-19)18-7-9-20(27)10-8-18/h3-12,15,22,28H,2,13-14,16H2,1H3,(H,29,32). The molecule has 2 N–H and O–H groups in total. The highest BCUT2D eigenvalue weighted by molar-refractivity contribution is 7.22. The van der Waals surface area contributed by atoms with E-state index in [-0.39, 0.29) is 11.7 Å². The molecule has 1 fully saturated rings. The Morgan fingerprint density at radius 3 is 2.52 bits per heavy atom. The van der Waals surface area contributed by atoms with Crippen LogP contribution in [0.1, 0.15) is 23.7 Å². The third-order valence-electron chi connectivity index (χ3n) is 6.02. The maximum Gasteiger partial charge on any atom is 0.255 e. The number of anilines is 2. The number of fused-ring (bicyclic) bond motifs is 1. The molecule has 1 saturated heterocycles. The molecular weight excluding hydrogens is 435 g/mol. The average Bonchev–Trinajstić information content (AvgIpc) is 3.50. The molecule has 0 bridgehead atoms. The molecule has 1 atom stereocenters. The van der Waals surface area contributed by atoms with Crippen molar-refractivity contribution in [3.05, 3.63) is 78.1 Å². The minimum Gasteiger partial charge on any atom is -0.344 e. The van der Waals surface area contributed by atoms with E-state index >= 15 is 0 Å². The maximum atomic E-state index is 13.1. The molecule has 1 aromatic heterocycles. The normalized spacial score (nSPS) is 15.6. The van der Waals surface area contributed by atoms with Crippen molar-refractivity contribution in [1.82, 2.24) is 10.3 Å². The number of hydrogen-bond donors (Lipinski definition) is 2. The summed E-state index contributed by atoms with van der Waals surface area (Å²) in [6.07, 6.45) is 1.13. The van der Waals surface area contributed by atoms with Crippen LogP contribution in [0.15, 0.2) is 66.7 Å². The molecule has 0 spiro atoms. The number of carbonyl (C=O) groups is 1. The highest BCUT2D eigenvalue weighted by Gasteiger charge is 2.23. The lowest BCUT2D eigenvalue weighted by Gasteiger charge is -2.26. The Morgan fingerprint density at radius 1 is 1.12 bits per heavy atom. The maximum absolute atomic E-state index is 13.1. The summed E-state index contributed by atoms with van der Waals surface area (Å²) in [6, 6.07) is 20.0. The Balaban J connectivity index is 1.31. The number of likely N-dealkylation sites (N-methyl/N-ethyl adjacent to an activating group) is 1. The first-order chi connectivity index (χ1) is 16.1. The van der Waals surface area contributed by atoms with Crippen LogP contribution >= 0.6 is 11.3 Å². The van der Waals surface area contributed by atoms with Gasteiger partial charge in [0.2, 0.25) is 0 Å². The molecule has 0 aliphatic carbocycles. The Bertz CT molecular complexity index is 1260. The molecule has 168 valence electrons. The number of benzene rings is 3. The van der Waals surface area contributed by atoms with Crippen LogP contribution in [0.25, 0.3) is 21.3 Å². The minimum atomic E-state index is -0.266. The second kappa shape index (κ2) is 9.29. The minimum absolute atomic E-state index is 0.169. The van der Waals surface area contributed by atoms with Crippen LogP contribution < -0.4 is 15.5 Å². The molecule has 5 rings (SSSR count). The van der Waals surface area contributed by atoms with Gasteiger partial charge in [0.1, 0.15) is 5.82 Å². The van der Waals surface area contributed by atoms with Gasteiger partial charge in [-0.3, -0.25) is 4.79 Å². The molecule has 0 radical (unpaired) electrons. The van der Waals surface area contributed by atoms with Gasteiger partial charge >= 0.3 is 0 Å². The highest BCUT2D eigenvalue weighted by atomic mass is 32.1. The fourth-order valence-electron chi connectivity index (χ4n) is 4.23. The Morgan fingerprint density at radius 2 is 1.85 bits per heavy atom. The van der Waals surface area contributed by atoms with E-state index in [2.05, 4.69) is 22.5 Å². The molecule has 4 aromatic rings. The Labute approximate surface area is 196 Å². The molecule has 33 heavy (non-hydrogen) atoms. The predicted octanol–water partition coefficient (Wildman–Crippen LogP) is 5.54. The number of aromatic nitrogens is 1. The van der Waals surface area contributed by atoms with Crippen molar-refractivity contribution >= 4 is 38.3 Å². The molecule has 1 aliphatic heterocycles. The number of nitrogens with zero attached hydrogens (tertiary/aromatic N) is 2. The number of amides is 1. The lowest BCUT2D eigenvalue weighted by molar-refractivity contribution is 0.102. The summed E-state index contributed by atoms with van der Waals surface area (Å²) in [5.74, 6) is -0.435. The van der Waals surface area contributed by atoms with Crippen molar-refractivity contribution in [3.63, 3.8) is 0 Å². The highest BCUT2D eigenvalue weighted by Crippen LogP contribution is 2.32. The molecule has 3 aromatic carbocycles. The second-order valence-corrected chi connectivity index (χ2v) is 9.16. The summed E-state index contributed by atoms with van der Waals surface area (Å²) >= 11 is 1.66. The SMILES string of the molecule is CCN(c1nc2ccc(NC(=O)c3ccc(-c4ccc(F)cc4)cc3)cc2s1)C1CCNC1. The van der Waals surface area contributed by atoms with E-state index in [1.807, 2.05) is 30.3 Å². The van der Waals surface area contributed by atoms with Crippen LogP contribution in [-0.4, -0.2) is 36.6 Å². The molecule has 1 aliphatic rings. The second-order valence-electron chi connectivity index (χ2n) is 8.15. The first-order valence-electron chi connectivity index (χ1n) is 11.2. The van der Waals surface area contributed by atoms with Crippen molar-refractivity contribution in [2.45, 2.75) is 19.4 Å². The van der Waals surface area contributed by atoms with Crippen LogP contribution in [0.5, 0.6) is 0 Å². The largest absolute Gasteiger partial charge is 0.344 e. The molecule has 0 saturated carbocycles. The number of halogens is 1. The molecule has 5 nitrogen and oxygen atoms in total. The van der Waals surface area contributed by atoms with Gasteiger partial charge < -0.3 is 15.5 Å². The summed E-state index contributed by atoms with van der Waals surface area (Å²) in [6.45, 7) is 5.12. The zero-order chi connectivity index (χ0) is 22.8. The summed E-state index contributed by atoms with van der Waals surface area (Å²) < 4.78 is 14.2. The lowest BCUT2D eigenvalue weighted by atomic mass is 10.0. The Hall–Kier alpha value is -3.29. The van der Waals surface area contributed by atoms with Gasteiger partial charge in [-0.2, -0.15) is 0 Å². The van der Waals surface area contributed by atoms with Gasteiger partial charge in [-0.15, -0.1) is 0 Å². The van der Waals surface area contributed by atoms with Gasteiger partial charge in [0.15, 0.2) is 5.13 Å². The van der Waals surface area contributed by atoms with E-state index in [4.69, 9.17) is 4.98 Å². The van der Waals surface area contributed by atoms with Crippen molar-refractivity contribution in [2.24, 2.45) is 0 Å². The molecule has 7 heteroatoms. The molecule has 1 amide bonds. The first kappa shape index (κ1) is 21.6. The topological polar surface area (TPSA) is 57.3 Å². The van der Waals surface area contributed by atoms with E-state index in [1.54, 1.807) is 35.6 Å². The van der Waals surface area contributed by atoms with Crippen molar-refractivity contribution in [3.8, 4) is 11.1 Å². The fourth-order valence-corrected chi connectivity index (χ4v) is 5.37. The quantitative estimate of drug-likeness (QED) is 0.397. The zero-order valence-corrected chi connectivity index (χ0v) is 19.2. The number of carbonyl (C=O) groups excluding carboxylic acids is 1. The van der Waals surface area contributed by atoms with Gasteiger partial charge in [0.25, 0.3) is 5.91 Å². The summed E-state index contributed by atoms with van der Waals surface area (Å²) in [7, 11) is 0. The van der Waals surface area contributed by atoms with E-state index in [1.165, 1.54) is 12.1 Å². The Kier molecular flexibility index (Phi) is 6.07. The summed E-state index contributed by atoms with van der Waals surface area (Å²) in [5.41, 5.74) is 4.10. The number of nitrogens with one attached hydrogen (secondary N) is 2. The third-order valence-corrected chi connectivity index (χ3v) is 7.08. The predicted molar refractivity (Wildman–Crippen MR) is 134 cm³/mol. The zero-order valence-electron chi connectivity index (χ0n) is 18.3. The van der Waals surface area contributed by atoms with Crippen molar-refractivity contribution < 1.29 is 9.18 Å². The van der Waals surface area contributed by atoms with Crippen molar-refractivity contribution in [1.29, 1.82) is 0 Å². The van der Waals surface area contributed by atoms with Crippen LogP contribution in [-0.2, 0) is 0 Å². The van der Waals surface area contributed by atoms with Gasteiger partial charge in [0, 0.05) is 30.4 Å². The van der Waals surface area contributed by atoms with Crippen LogP contribution in [0.4, 0.5) is 15.2 Å². The molecule has 1 unspecified atom stereocenters. The van der Waals surface area contributed by atoms with Gasteiger partial charge in [-0.05, 0) is 73.5 Å². The summed E-state index contributed by atoms with van der Waals surface area (Å²) in [5, 5.41) is 7.44. The average molecular weight is 461 g/mol. The van der Waals surface area contributed by atoms with E-state index in [0.717, 1.165) is 58.2 Å². The van der Waals surface area contributed by atoms with Crippen LogP contribution in [0.3, 0.4) is 0 Å². The van der Waals surface area contributed by atoms with Crippen LogP contribution in [0, 0.1) is 5.82 Å². The lowest BCUT2D eigenvalue weighted by Crippen LogP contribution is -2.36. The van der Waals surface area contributed by atoms with Gasteiger partial charge in [0.05, 0.1) is 10.2 Å². The van der Waals surface area contributed by atoms with Crippen LogP contribution in [0.2, 0.25) is 0 Å². The molecular formula is C26H25FN4OS. The van der Waals surface area contributed by atoms with E-state index in [9.17, 15) is 9.18 Å². The fraction of sp³-hybridized carbons (Fsp3) is 0.231. The van der Waals surface area contributed by atoms with Gasteiger partial charge in [-0.1, -0.05) is 35.6 Å². The third kappa shape index (κ3) is 4.60. The number of rotatable bonds is 6. The van der Waals surface area contributed by atoms with E-state index in [0.29, 0.717) is 11.6 Å². The van der Waals surface area contributed by atoms with Crippen molar-refractivity contribution in [2.75, 3.05) is 29.9 Å². The smallest absolute Gasteiger partial charge is 0.255 e. The first-order valence-corrected chi connectivity index (χ1v) is 12.0. The molecule has 2 heterocycles. The summed E-state index contributed by atoms with van der Waals surface area (Å²) in [4.78, 5) is 20.0. The van der Waals surface area contributed by atoms with E-state index < -0.39 is 0 Å². The number of hydrogen-bond acceptors (Lipinski definition) is 5. The monoisotopic (exact) mass is 460 g/mol.